The van der Waals surface area contributed by atoms with Crippen molar-refractivity contribution in [1.29, 1.82) is 0 Å². The first-order valence-corrected chi connectivity index (χ1v) is 8.01. The molecule has 1 aliphatic carbocycles. The Labute approximate surface area is 121 Å². The maximum Gasteiger partial charge on any atom is 0.0341 e. The van der Waals surface area contributed by atoms with Crippen molar-refractivity contribution in [3.05, 3.63) is 0 Å². The largest absolute Gasteiger partial charge is 0.329 e. The number of nitrogens with zero attached hydrogens (tertiary/aromatic N) is 1. The number of hydrogen-bond donors (Lipinski definition) is 1. The summed E-state index contributed by atoms with van der Waals surface area (Å²) in [5.74, 6) is 0.705. The van der Waals surface area contributed by atoms with Gasteiger partial charge in [-0.3, -0.25) is 4.90 Å². The van der Waals surface area contributed by atoms with Gasteiger partial charge in [-0.05, 0) is 42.6 Å². The first-order chi connectivity index (χ1) is 8.56. The van der Waals surface area contributed by atoms with E-state index in [4.69, 9.17) is 5.73 Å². The lowest BCUT2D eigenvalue weighted by Crippen LogP contribution is -2.61. The maximum absolute atomic E-state index is 6.29. The smallest absolute Gasteiger partial charge is 0.0341 e. The second-order valence-electron chi connectivity index (χ2n) is 8.72. The first kappa shape index (κ1) is 17.0. The summed E-state index contributed by atoms with van der Waals surface area (Å²) in [5.41, 5.74) is 7.28. The topological polar surface area (TPSA) is 29.3 Å². The molecule has 1 fully saturated rings. The summed E-state index contributed by atoms with van der Waals surface area (Å²) in [6.07, 6.45) is 3.78. The van der Waals surface area contributed by atoms with Crippen molar-refractivity contribution in [1.82, 2.24) is 4.90 Å². The number of likely N-dealkylation sites (N-methyl/N-ethyl adjacent to an activating group) is 1. The molecular weight excluding hydrogens is 232 g/mol. The van der Waals surface area contributed by atoms with E-state index in [1.165, 1.54) is 25.8 Å². The van der Waals surface area contributed by atoms with Crippen molar-refractivity contribution in [3.8, 4) is 0 Å². The highest BCUT2D eigenvalue weighted by molar-refractivity contribution is 5.04. The van der Waals surface area contributed by atoms with Crippen LogP contribution in [0.15, 0.2) is 0 Å². The maximum atomic E-state index is 6.29. The van der Waals surface area contributed by atoms with Gasteiger partial charge in [-0.1, -0.05) is 48.5 Å². The second-order valence-corrected chi connectivity index (χ2v) is 8.72. The van der Waals surface area contributed by atoms with Crippen LogP contribution in [0.3, 0.4) is 0 Å². The normalized spacial score (nSPS) is 24.9. The third-order valence-electron chi connectivity index (χ3n) is 4.59. The summed E-state index contributed by atoms with van der Waals surface area (Å²) in [7, 11) is 0. The number of rotatable bonds is 5. The summed E-state index contributed by atoms with van der Waals surface area (Å²) in [4.78, 5) is 2.67. The average molecular weight is 268 g/mol. The van der Waals surface area contributed by atoms with Crippen LogP contribution in [0.1, 0.15) is 67.7 Å². The van der Waals surface area contributed by atoms with E-state index < -0.39 is 0 Å². The van der Waals surface area contributed by atoms with Gasteiger partial charge in [-0.15, -0.1) is 0 Å². The molecule has 1 aliphatic rings. The van der Waals surface area contributed by atoms with E-state index in [2.05, 4.69) is 53.4 Å². The summed E-state index contributed by atoms with van der Waals surface area (Å²) in [5, 5.41) is 0. The number of nitrogens with two attached hydrogens (primary N) is 1. The molecule has 0 atom stereocenters. The Morgan fingerprint density at radius 1 is 1.00 bits per heavy atom. The molecule has 0 aromatic carbocycles. The van der Waals surface area contributed by atoms with Gasteiger partial charge >= 0.3 is 0 Å². The van der Waals surface area contributed by atoms with Crippen molar-refractivity contribution in [3.63, 3.8) is 0 Å². The van der Waals surface area contributed by atoms with Crippen LogP contribution in [0.2, 0.25) is 0 Å². The van der Waals surface area contributed by atoms with Gasteiger partial charge in [0.1, 0.15) is 0 Å². The molecule has 1 saturated carbocycles. The zero-order chi connectivity index (χ0) is 14.9. The molecule has 1 rings (SSSR count). The molecule has 2 nitrogen and oxygen atoms in total. The number of hydrogen-bond acceptors (Lipinski definition) is 2. The fourth-order valence-corrected chi connectivity index (χ4v) is 4.86. The zero-order valence-electron chi connectivity index (χ0n) is 14.3. The van der Waals surface area contributed by atoms with E-state index in [-0.39, 0.29) is 5.54 Å². The van der Waals surface area contributed by atoms with E-state index in [9.17, 15) is 0 Å². The van der Waals surface area contributed by atoms with Crippen LogP contribution in [0.25, 0.3) is 0 Å². The fraction of sp³-hybridized carbons (Fsp3) is 1.00. The molecule has 0 spiro atoms. The van der Waals surface area contributed by atoms with Crippen LogP contribution in [0.5, 0.6) is 0 Å². The molecule has 19 heavy (non-hydrogen) atoms. The molecule has 2 heteroatoms. The van der Waals surface area contributed by atoms with Crippen LogP contribution in [-0.4, -0.2) is 30.1 Å². The lowest BCUT2D eigenvalue weighted by atomic mass is 9.58. The van der Waals surface area contributed by atoms with Crippen LogP contribution < -0.4 is 5.73 Å². The van der Waals surface area contributed by atoms with Gasteiger partial charge in [0, 0.05) is 18.6 Å². The second kappa shape index (κ2) is 5.73. The van der Waals surface area contributed by atoms with E-state index in [0.29, 0.717) is 16.7 Å². The first-order valence-electron chi connectivity index (χ1n) is 8.01. The fourth-order valence-electron chi connectivity index (χ4n) is 4.86. The highest BCUT2D eigenvalue weighted by Crippen LogP contribution is 2.51. The minimum absolute atomic E-state index is 0.199. The van der Waals surface area contributed by atoms with Gasteiger partial charge in [-0.2, -0.15) is 0 Å². The molecular formula is C17H36N2. The highest BCUT2D eigenvalue weighted by Gasteiger charge is 2.49. The van der Waals surface area contributed by atoms with E-state index >= 15 is 0 Å². The van der Waals surface area contributed by atoms with Crippen molar-refractivity contribution < 1.29 is 0 Å². The molecule has 0 amide bonds. The molecule has 0 saturated heterocycles. The third kappa shape index (κ3) is 4.19. The predicted octanol–water partition coefficient (Wildman–Crippen LogP) is 3.90. The lowest BCUT2D eigenvalue weighted by molar-refractivity contribution is -0.0458. The zero-order valence-corrected chi connectivity index (χ0v) is 14.3. The van der Waals surface area contributed by atoms with Crippen LogP contribution in [-0.2, 0) is 0 Å². The van der Waals surface area contributed by atoms with Gasteiger partial charge in [0.05, 0.1) is 0 Å². The molecule has 0 aliphatic heterocycles. The summed E-state index contributed by atoms with van der Waals surface area (Å²) in [6.45, 7) is 19.7. The molecule has 114 valence electrons. The lowest BCUT2D eigenvalue weighted by Gasteiger charge is -2.56. The van der Waals surface area contributed by atoms with Gasteiger partial charge < -0.3 is 5.73 Å². The van der Waals surface area contributed by atoms with Crippen molar-refractivity contribution in [2.24, 2.45) is 22.5 Å². The van der Waals surface area contributed by atoms with Gasteiger partial charge in [0.2, 0.25) is 0 Å². The average Bonchev–Trinajstić information content (AvgIpc) is 2.20. The van der Waals surface area contributed by atoms with E-state index in [1.54, 1.807) is 0 Å². The molecule has 0 bridgehead atoms. The highest BCUT2D eigenvalue weighted by atomic mass is 15.2. The predicted molar refractivity (Wildman–Crippen MR) is 85.3 cm³/mol. The summed E-state index contributed by atoms with van der Waals surface area (Å²) in [6, 6.07) is 0. The molecule has 0 heterocycles. The van der Waals surface area contributed by atoms with Crippen molar-refractivity contribution >= 4 is 0 Å². The monoisotopic (exact) mass is 268 g/mol. The van der Waals surface area contributed by atoms with Gasteiger partial charge in [0.25, 0.3) is 0 Å². The molecule has 0 radical (unpaired) electrons. The Morgan fingerprint density at radius 3 is 1.79 bits per heavy atom. The quantitative estimate of drug-likeness (QED) is 0.819. The Bertz CT molecular complexity index is 276. The van der Waals surface area contributed by atoms with Gasteiger partial charge in [0.15, 0.2) is 0 Å². The summed E-state index contributed by atoms with van der Waals surface area (Å²) >= 11 is 0. The van der Waals surface area contributed by atoms with Crippen molar-refractivity contribution in [2.75, 3.05) is 19.6 Å². The van der Waals surface area contributed by atoms with E-state index in [0.717, 1.165) is 13.1 Å². The molecule has 0 aromatic heterocycles. The molecule has 0 aromatic rings. The Hall–Kier alpha value is -0.0800. The minimum Gasteiger partial charge on any atom is -0.329 e. The van der Waals surface area contributed by atoms with Crippen LogP contribution in [0.4, 0.5) is 0 Å². The SMILES string of the molecule is CCN(CC(C)C)C1(CN)CC(C)(C)CC(C)(C)C1. The molecule has 2 N–H and O–H groups in total. The summed E-state index contributed by atoms with van der Waals surface area (Å²) < 4.78 is 0. The Morgan fingerprint density at radius 2 is 1.47 bits per heavy atom. The van der Waals surface area contributed by atoms with Gasteiger partial charge in [-0.25, -0.2) is 0 Å². The van der Waals surface area contributed by atoms with Crippen molar-refractivity contribution in [2.45, 2.75) is 73.3 Å². The van der Waals surface area contributed by atoms with E-state index in [1.807, 2.05) is 0 Å². The van der Waals surface area contributed by atoms with Crippen LogP contribution in [0, 0.1) is 16.7 Å². The Kier molecular flexibility index (Phi) is 5.12. The third-order valence-corrected chi connectivity index (χ3v) is 4.59. The minimum atomic E-state index is 0.199. The molecule has 0 unspecified atom stereocenters. The van der Waals surface area contributed by atoms with Crippen LogP contribution >= 0.6 is 0 Å². The standard InChI is InChI=1S/C17H36N2/c1-8-19(9-14(2)3)17(13-18)11-15(4,5)10-16(6,7)12-17/h14H,8-13,18H2,1-7H3. The Balaban J connectivity index is 3.06.